The number of rotatable bonds is 5. The summed E-state index contributed by atoms with van der Waals surface area (Å²) in [5, 5.41) is 0. The standard InChI is InChI=1S/C11H15F2NOS/c1-2-8(14)6-16(15)7-9-10(12)4-3-5-11(9)13/h3-5,8H,2,6-7,14H2,1H3. The minimum absolute atomic E-state index is 0.119. The van der Waals surface area contributed by atoms with E-state index in [-0.39, 0.29) is 23.1 Å². The lowest BCUT2D eigenvalue weighted by atomic mass is 10.2. The minimum Gasteiger partial charge on any atom is -0.327 e. The Morgan fingerprint density at radius 2 is 1.94 bits per heavy atom. The fourth-order valence-electron chi connectivity index (χ4n) is 1.25. The molecule has 0 aliphatic carbocycles. The van der Waals surface area contributed by atoms with Crippen LogP contribution in [0, 0.1) is 11.6 Å². The van der Waals surface area contributed by atoms with E-state index in [2.05, 4.69) is 0 Å². The van der Waals surface area contributed by atoms with E-state index in [1.165, 1.54) is 6.07 Å². The minimum atomic E-state index is -1.33. The monoisotopic (exact) mass is 247 g/mol. The van der Waals surface area contributed by atoms with Crippen molar-refractivity contribution < 1.29 is 13.0 Å². The van der Waals surface area contributed by atoms with E-state index in [4.69, 9.17) is 5.73 Å². The summed E-state index contributed by atoms with van der Waals surface area (Å²) in [4.78, 5) is 0. The van der Waals surface area contributed by atoms with Gasteiger partial charge in [0.1, 0.15) is 11.6 Å². The molecule has 0 heterocycles. The van der Waals surface area contributed by atoms with Gasteiger partial charge in [-0.15, -0.1) is 0 Å². The maximum Gasteiger partial charge on any atom is 0.130 e. The van der Waals surface area contributed by atoms with E-state index in [0.717, 1.165) is 12.1 Å². The number of halogens is 2. The summed E-state index contributed by atoms with van der Waals surface area (Å²) >= 11 is 0. The Morgan fingerprint density at radius 1 is 1.38 bits per heavy atom. The summed E-state index contributed by atoms with van der Waals surface area (Å²) in [6.07, 6.45) is 0.700. The average Bonchev–Trinajstić information content (AvgIpc) is 2.23. The lowest BCUT2D eigenvalue weighted by molar-refractivity contribution is 0.564. The molecule has 0 radical (unpaired) electrons. The molecule has 0 saturated carbocycles. The molecular weight excluding hydrogens is 232 g/mol. The summed E-state index contributed by atoms with van der Waals surface area (Å²) in [5.41, 5.74) is 5.50. The molecule has 0 saturated heterocycles. The molecule has 0 spiro atoms. The van der Waals surface area contributed by atoms with Crippen molar-refractivity contribution in [3.63, 3.8) is 0 Å². The van der Waals surface area contributed by atoms with Gasteiger partial charge in [-0.25, -0.2) is 8.78 Å². The van der Waals surface area contributed by atoms with Crippen LogP contribution in [0.4, 0.5) is 8.78 Å². The van der Waals surface area contributed by atoms with Crippen LogP contribution in [0.3, 0.4) is 0 Å². The second-order valence-electron chi connectivity index (χ2n) is 3.62. The highest BCUT2D eigenvalue weighted by Crippen LogP contribution is 2.14. The summed E-state index contributed by atoms with van der Waals surface area (Å²) in [6.45, 7) is 1.88. The van der Waals surface area contributed by atoms with E-state index < -0.39 is 22.4 Å². The van der Waals surface area contributed by atoms with Crippen LogP contribution in [0.15, 0.2) is 18.2 Å². The first kappa shape index (κ1) is 13.3. The fraction of sp³-hybridized carbons (Fsp3) is 0.455. The molecule has 0 bridgehead atoms. The average molecular weight is 247 g/mol. The topological polar surface area (TPSA) is 43.1 Å². The van der Waals surface area contributed by atoms with E-state index in [1.807, 2.05) is 6.92 Å². The number of nitrogens with two attached hydrogens (primary N) is 1. The Labute approximate surface area is 96.3 Å². The van der Waals surface area contributed by atoms with Crippen molar-refractivity contribution in [3.05, 3.63) is 35.4 Å². The van der Waals surface area contributed by atoms with Crippen molar-refractivity contribution in [2.75, 3.05) is 5.75 Å². The van der Waals surface area contributed by atoms with Gasteiger partial charge in [-0.3, -0.25) is 4.21 Å². The van der Waals surface area contributed by atoms with Crippen molar-refractivity contribution in [2.45, 2.75) is 25.1 Å². The van der Waals surface area contributed by atoms with Gasteiger partial charge in [-0.05, 0) is 18.6 Å². The Kier molecular flexibility index (Phi) is 5.02. The van der Waals surface area contributed by atoms with Crippen LogP contribution in [0.2, 0.25) is 0 Å². The molecule has 1 aromatic carbocycles. The molecule has 2 N–H and O–H groups in total. The molecule has 90 valence electrons. The largest absolute Gasteiger partial charge is 0.327 e. The number of hydrogen-bond acceptors (Lipinski definition) is 2. The second kappa shape index (κ2) is 6.06. The summed E-state index contributed by atoms with van der Waals surface area (Å²) in [5.74, 6) is -1.16. The van der Waals surface area contributed by atoms with Gasteiger partial charge in [-0.1, -0.05) is 13.0 Å². The number of hydrogen-bond donors (Lipinski definition) is 1. The normalized spacial score (nSPS) is 14.8. The SMILES string of the molecule is CCC(N)CS(=O)Cc1c(F)cccc1F. The predicted molar refractivity (Wildman–Crippen MR) is 61.3 cm³/mol. The van der Waals surface area contributed by atoms with Gasteiger partial charge in [0.2, 0.25) is 0 Å². The first-order chi connectivity index (χ1) is 7.54. The van der Waals surface area contributed by atoms with Crippen molar-refractivity contribution in [1.29, 1.82) is 0 Å². The van der Waals surface area contributed by atoms with Crippen molar-refractivity contribution in [1.82, 2.24) is 0 Å². The fourth-order valence-corrected chi connectivity index (χ4v) is 2.68. The highest BCUT2D eigenvalue weighted by atomic mass is 32.2. The lowest BCUT2D eigenvalue weighted by Gasteiger charge is -2.09. The predicted octanol–water partition coefficient (Wildman–Crippen LogP) is 1.95. The molecule has 0 aliphatic heterocycles. The Morgan fingerprint density at radius 3 is 2.44 bits per heavy atom. The van der Waals surface area contributed by atoms with Crippen LogP contribution in [0.25, 0.3) is 0 Å². The molecular formula is C11H15F2NOS. The Hall–Kier alpha value is -0.810. The van der Waals surface area contributed by atoms with Crippen LogP contribution in [0.5, 0.6) is 0 Å². The van der Waals surface area contributed by atoms with Gasteiger partial charge >= 0.3 is 0 Å². The van der Waals surface area contributed by atoms with Crippen LogP contribution < -0.4 is 5.73 Å². The molecule has 1 rings (SSSR count). The molecule has 5 heteroatoms. The van der Waals surface area contributed by atoms with E-state index >= 15 is 0 Å². The van der Waals surface area contributed by atoms with Gasteiger partial charge < -0.3 is 5.73 Å². The lowest BCUT2D eigenvalue weighted by Crippen LogP contribution is -2.26. The highest BCUT2D eigenvalue weighted by Gasteiger charge is 2.13. The van der Waals surface area contributed by atoms with E-state index in [1.54, 1.807) is 0 Å². The third kappa shape index (κ3) is 3.64. The summed E-state index contributed by atoms with van der Waals surface area (Å²) in [6, 6.07) is 3.43. The van der Waals surface area contributed by atoms with Crippen molar-refractivity contribution in [2.24, 2.45) is 5.73 Å². The molecule has 0 amide bonds. The highest BCUT2D eigenvalue weighted by molar-refractivity contribution is 7.84. The van der Waals surface area contributed by atoms with Crippen LogP contribution in [0.1, 0.15) is 18.9 Å². The Balaban J connectivity index is 2.70. The first-order valence-electron chi connectivity index (χ1n) is 5.08. The Bertz CT molecular complexity index is 364. The zero-order valence-corrected chi connectivity index (χ0v) is 9.90. The third-order valence-corrected chi connectivity index (χ3v) is 3.70. The zero-order chi connectivity index (χ0) is 12.1. The second-order valence-corrected chi connectivity index (χ2v) is 5.12. The van der Waals surface area contributed by atoms with Gasteiger partial charge in [0.05, 0.1) is 5.75 Å². The number of benzene rings is 1. The van der Waals surface area contributed by atoms with Crippen LogP contribution >= 0.6 is 0 Å². The molecule has 2 unspecified atom stereocenters. The maximum atomic E-state index is 13.2. The molecule has 2 atom stereocenters. The molecule has 0 aliphatic rings. The molecule has 16 heavy (non-hydrogen) atoms. The smallest absolute Gasteiger partial charge is 0.130 e. The van der Waals surface area contributed by atoms with Crippen molar-refractivity contribution >= 4 is 10.8 Å². The van der Waals surface area contributed by atoms with Gasteiger partial charge in [0.25, 0.3) is 0 Å². The molecule has 0 fully saturated rings. The summed E-state index contributed by atoms with van der Waals surface area (Å²) < 4.78 is 38.0. The van der Waals surface area contributed by atoms with Gasteiger partial charge in [0.15, 0.2) is 0 Å². The maximum absolute atomic E-state index is 13.2. The van der Waals surface area contributed by atoms with E-state index in [0.29, 0.717) is 6.42 Å². The van der Waals surface area contributed by atoms with Crippen LogP contribution in [-0.4, -0.2) is 16.0 Å². The molecule has 1 aromatic rings. The van der Waals surface area contributed by atoms with Crippen LogP contribution in [-0.2, 0) is 16.6 Å². The quantitative estimate of drug-likeness (QED) is 0.864. The van der Waals surface area contributed by atoms with E-state index in [9.17, 15) is 13.0 Å². The first-order valence-corrected chi connectivity index (χ1v) is 6.56. The molecule has 2 nitrogen and oxygen atoms in total. The van der Waals surface area contributed by atoms with Gasteiger partial charge in [0, 0.05) is 28.2 Å². The van der Waals surface area contributed by atoms with Crippen molar-refractivity contribution in [3.8, 4) is 0 Å². The molecule has 0 aromatic heterocycles. The third-order valence-electron chi connectivity index (χ3n) is 2.29. The zero-order valence-electron chi connectivity index (χ0n) is 9.08. The summed E-state index contributed by atoms with van der Waals surface area (Å²) in [7, 11) is -1.33. The van der Waals surface area contributed by atoms with Gasteiger partial charge in [-0.2, -0.15) is 0 Å².